The number of H-pyrrole nitrogens is 1. The number of nitrogens with one attached hydrogen (secondary N) is 1. The summed E-state index contributed by atoms with van der Waals surface area (Å²) in [5, 5.41) is 0. The van der Waals surface area contributed by atoms with Crippen molar-refractivity contribution in [2.24, 2.45) is 0 Å². The Bertz CT molecular complexity index is 1280. The summed E-state index contributed by atoms with van der Waals surface area (Å²) >= 11 is 0. The summed E-state index contributed by atoms with van der Waals surface area (Å²) in [5.41, 5.74) is 7.74. The monoisotopic (exact) mass is 413 g/mol. The molecule has 6 nitrogen and oxygen atoms in total. The molecule has 31 heavy (non-hydrogen) atoms. The van der Waals surface area contributed by atoms with Crippen molar-refractivity contribution < 1.29 is 4.74 Å². The molecule has 1 aliphatic rings. The average Bonchev–Trinajstić information content (AvgIpc) is 3.01. The molecule has 0 saturated carbocycles. The first-order valence-electron chi connectivity index (χ1n) is 10.8. The van der Waals surface area contributed by atoms with Crippen molar-refractivity contribution in [3.63, 3.8) is 0 Å². The molecule has 0 bridgehead atoms. The third-order valence-electron chi connectivity index (χ3n) is 6.00. The predicted octanol–water partition coefficient (Wildman–Crippen LogP) is 4.91. The predicted molar refractivity (Wildman–Crippen MR) is 124 cm³/mol. The van der Waals surface area contributed by atoms with E-state index in [0.717, 1.165) is 70.6 Å². The lowest BCUT2D eigenvalue weighted by molar-refractivity contribution is 0.331. The van der Waals surface area contributed by atoms with Crippen molar-refractivity contribution in [1.29, 1.82) is 0 Å². The van der Waals surface area contributed by atoms with Crippen LogP contribution in [0.4, 0.5) is 5.82 Å². The van der Waals surface area contributed by atoms with E-state index in [1.165, 1.54) is 11.1 Å². The highest BCUT2D eigenvalue weighted by Crippen LogP contribution is 2.32. The maximum atomic E-state index is 6.09. The third-order valence-corrected chi connectivity index (χ3v) is 6.00. The van der Waals surface area contributed by atoms with Crippen molar-refractivity contribution in [2.45, 2.75) is 40.7 Å². The minimum Gasteiger partial charge on any atom is -0.491 e. The van der Waals surface area contributed by atoms with Crippen LogP contribution in [0.2, 0.25) is 0 Å². The molecule has 0 aliphatic carbocycles. The van der Waals surface area contributed by atoms with Crippen molar-refractivity contribution in [1.82, 2.24) is 19.9 Å². The summed E-state index contributed by atoms with van der Waals surface area (Å²) in [6, 6.07) is 12.8. The van der Waals surface area contributed by atoms with E-state index >= 15 is 0 Å². The Morgan fingerprint density at radius 3 is 2.65 bits per heavy atom. The van der Waals surface area contributed by atoms with Gasteiger partial charge in [-0.2, -0.15) is 0 Å². The number of imidazole rings is 1. The van der Waals surface area contributed by atoms with Crippen LogP contribution in [0, 0.1) is 20.8 Å². The zero-order valence-corrected chi connectivity index (χ0v) is 18.5. The normalized spacial score (nSPS) is 13.7. The molecular weight excluding hydrogens is 386 g/mol. The number of ether oxygens (including phenoxy) is 1. The van der Waals surface area contributed by atoms with Crippen LogP contribution in [0.15, 0.2) is 36.4 Å². The number of anilines is 1. The molecule has 1 aliphatic heterocycles. The van der Waals surface area contributed by atoms with Crippen LogP contribution < -0.4 is 9.64 Å². The van der Waals surface area contributed by atoms with E-state index in [0.29, 0.717) is 6.61 Å². The van der Waals surface area contributed by atoms with Crippen LogP contribution in [0.3, 0.4) is 0 Å². The molecule has 2 aromatic heterocycles. The number of fused-ring (bicyclic) bond motifs is 2. The maximum absolute atomic E-state index is 6.09. The molecule has 2 aromatic carbocycles. The van der Waals surface area contributed by atoms with Gasteiger partial charge in [0.05, 0.1) is 17.6 Å². The van der Waals surface area contributed by atoms with Crippen LogP contribution in [0.5, 0.6) is 5.75 Å². The second kappa shape index (κ2) is 7.69. The molecule has 158 valence electrons. The fraction of sp³-hybridized carbons (Fsp3) is 0.320. The van der Waals surface area contributed by atoms with E-state index in [4.69, 9.17) is 9.72 Å². The van der Waals surface area contributed by atoms with Gasteiger partial charge in [-0.3, -0.25) is 0 Å². The zero-order chi connectivity index (χ0) is 21.5. The number of benzene rings is 2. The van der Waals surface area contributed by atoms with Gasteiger partial charge in [0.25, 0.3) is 0 Å². The van der Waals surface area contributed by atoms with Gasteiger partial charge in [0.1, 0.15) is 29.8 Å². The molecule has 6 heteroatoms. The van der Waals surface area contributed by atoms with Crippen molar-refractivity contribution in [3.8, 4) is 16.9 Å². The molecule has 3 heterocycles. The molecule has 4 aromatic rings. The number of nitrogens with zero attached hydrogens (tertiary/aromatic N) is 4. The second-order valence-electron chi connectivity index (χ2n) is 8.17. The average molecular weight is 414 g/mol. The second-order valence-corrected chi connectivity index (χ2v) is 8.17. The van der Waals surface area contributed by atoms with Crippen LogP contribution in [-0.4, -0.2) is 33.1 Å². The SMILES string of the molecule is CCc1nc(C)c(C)c(N2CCOc3ccc(-c4ccc5nc(C)[nH]c5c4)cc3C2)n1. The van der Waals surface area contributed by atoms with Crippen molar-refractivity contribution in [2.75, 3.05) is 18.1 Å². The number of aromatic nitrogens is 4. The summed E-state index contributed by atoms with van der Waals surface area (Å²) in [4.78, 5) is 19.6. The molecule has 1 N–H and O–H groups in total. The number of hydrogen-bond acceptors (Lipinski definition) is 5. The van der Waals surface area contributed by atoms with E-state index in [1.807, 2.05) is 6.92 Å². The lowest BCUT2D eigenvalue weighted by Gasteiger charge is -2.24. The van der Waals surface area contributed by atoms with Gasteiger partial charge in [0.15, 0.2) is 0 Å². The van der Waals surface area contributed by atoms with E-state index in [-0.39, 0.29) is 0 Å². The molecule has 0 unspecified atom stereocenters. The first-order valence-corrected chi connectivity index (χ1v) is 10.8. The molecule has 0 fully saturated rings. The van der Waals surface area contributed by atoms with Gasteiger partial charge in [-0.1, -0.05) is 19.1 Å². The molecule has 0 atom stereocenters. The van der Waals surface area contributed by atoms with Gasteiger partial charge < -0.3 is 14.6 Å². The fourth-order valence-corrected chi connectivity index (χ4v) is 4.21. The lowest BCUT2D eigenvalue weighted by Crippen LogP contribution is -2.28. The molecule has 0 radical (unpaired) electrons. The number of aromatic amines is 1. The highest BCUT2D eigenvalue weighted by atomic mass is 16.5. The molecule has 5 rings (SSSR count). The zero-order valence-electron chi connectivity index (χ0n) is 18.5. The Kier molecular flexibility index (Phi) is 4.85. The van der Waals surface area contributed by atoms with Gasteiger partial charge in [-0.05, 0) is 56.2 Å². The van der Waals surface area contributed by atoms with Gasteiger partial charge in [-0.15, -0.1) is 0 Å². The Balaban J connectivity index is 1.52. The molecule has 0 spiro atoms. The van der Waals surface area contributed by atoms with Crippen molar-refractivity contribution >= 4 is 16.9 Å². The van der Waals surface area contributed by atoms with E-state index in [1.54, 1.807) is 0 Å². The summed E-state index contributed by atoms with van der Waals surface area (Å²) in [5.74, 6) is 3.78. The highest BCUT2D eigenvalue weighted by molar-refractivity contribution is 5.82. The largest absolute Gasteiger partial charge is 0.491 e. The third kappa shape index (κ3) is 3.63. The first-order chi connectivity index (χ1) is 15.0. The minimum absolute atomic E-state index is 0.635. The van der Waals surface area contributed by atoms with Crippen LogP contribution in [0.25, 0.3) is 22.2 Å². The molecule has 0 saturated heterocycles. The Labute approximate surface area is 182 Å². The Morgan fingerprint density at radius 2 is 1.81 bits per heavy atom. The summed E-state index contributed by atoms with van der Waals surface area (Å²) in [6.07, 6.45) is 0.828. The van der Waals surface area contributed by atoms with Gasteiger partial charge in [-0.25, -0.2) is 15.0 Å². The van der Waals surface area contributed by atoms with Gasteiger partial charge in [0, 0.05) is 29.8 Å². The summed E-state index contributed by atoms with van der Waals surface area (Å²) < 4.78 is 6.09. The van der Waals surface area contributed by atoms with Crippen LogP contribution in [-0.2, 0) is 13.0 Å². The summed E-state index contributed by atoms with van der Waals surface area (Å²) in [7, 11) is 0. The van der Waals surface area contributed by atoms with Gasteiger partial charge in [0.2, 0.25) is 0 Å². The van der Waals surface area contributed by atoms with Crippen molar-refractivity contribution in [3.05, 3.63) is 64.9 Å². The van der Waals surface area contributed by atoms with E-state index in [2.05, 4.69) is 77.0 Å². The minimum atomic E-state index is 0.635. The number of hydrogen-bond donors (Lipinski definition) is 1. The standard InChI is InChI=1S/C25H27N5O/c1-5-24-26-16(3)15(2)25(29-24)30-10-11-31-23-9-7-18(12-20(23)14-30)19-6-8-21-22(13-19)28-17(4)27-21/h6-9,12-13H,5,10-11,14H2,1-4H3,(H,27,28). The maximum Gasteiger partial charge on any atom is 0.135 e. The smallest absolute Gasteiger partial charge is 0.135 e. The number of aryl methyl sites for hydroxylation is 3. The lowest BCUT2D eigenvalue weighted by atomic mass is 10.0. The first kappa shape index (κ1) is 19.5. The number of rotatable bonds is 3. The summed E-state index contributed by atoms with van der Waals surface area (Å²) in [6.45, 7) is 10.4. The fourth-order valence-electron chi connectivity index (χ4n) is 4.21. The van der Waals surface area contributed by atoms with Gasteiger partial charge >= 0.3 is 0 Å². The van der Waals surface area contributed by atoms with E-state index in [9.17, 15) is 0 Å². The highest BCUT2D eigenvalue weighted by Gasteiger charge is 2.20. The molecular formula is C25H27N5O. The van der Waals surface area contributed by atoms with Crippen LogP contribution >= 0.6 is 0 Å². The molecule has 0 amide bonds. The van der Waals surface area contributed by atoms with Crippen LogP contribution in [0.1, 0.15) is 35.4 Å². The Hall–Kier alpha value is -3.41. The Morgan fingerprint density at radius 1 is 1.00 bits per heavy atom. The van der Waals surface area contributed by atoms with E-state index < -0.39 is 0 Å². The quantitative estimate of drug-likeness (QED) is 0.517. The topological polar surface area (TPSA) is 66.9 Å².